The van der Waals surface area contributed by atoms with Crippen molar-refractivity contribution in [3.05, 3.63) is 47.5 Å². The quantitative estimate of drug-likeness (QED) is 0.367. The molecule has 0 N–H and O–H groups in total. The van der Waals surface area contributed by atoms with Crippen molar-refractivity contribution in [3.63, 3.8) is 0 Å². The number of ether oxygens (including phenoxy) is 3. The lowest BCUT2D eigenvalue weighted by Crippen LogP contribution is -2.20. The molecular formula is C27H37FO3. The lowest BCUT2D eigenvalue weighted by Gasteiger charge is -2.30. The summed E-state index contributed by atoms with van der Waals surface area (Å²) in [6.45, 7) is 8.07. The van der Waals surface area contributed by atoms with Crippen LogP contribution in [-0.4, -0.2) is 19.8 Å². The first kappa shape index (κ1) is 23.6. The fourth-order valence-corrected chi connectivity index (χ4v) is 4.20. The largest absolute Gasteiger partial charge is 0.493 e. The second kappa shape index (κ2) is 12.1. The highest BCUT2D eigenvalue weighted by Gasteiger charge is 2.25. The van der Waals surface area contributed by atoms with Gasteiger partial charge in [0.2, 0.25) is 0 Å². The fraction of sp³-hybridized carbons (Fsp3) is 0.556. The van der Waals surface area contributed by atoms with Crippen molar-refractivity contribution in [2.24, 2.45) is 5.92 Å². The SMILES string of the molecule is CCCOc1cc(C2CC[C@@H](CCC)CO2)cc(OCCC)c1-c1ccc(CF)cc1. The van der Waals surface area contributed by atoms with Crippen molar-refractivity contribution in [2.45, 2.75) is 72.1 Å². The maximum absolute atomic E-state index is 13.0. The van der Waals surface area contributed by atoms with E-state index in [4.69, 9.17) is 14.2 Å². The molecule has 0 radical (unpaired) electrons. The van der Waals surface area contributed by atoms with Gasteiger partial charge in [-0.2, -0.15) is 0 Å². The molecule has 0 amide bonds. The van der Waals surface area contributed by atoms with Crippen LogP contribution in [0.1, 0.15) is 76.5 Å². The molecule has 2 aromatic carbocycles. The van der Waals surface area contributed by atoms with Crippen LogP contribution in [0.25, 0.3) is 11.1 Å². The minimum atomic E-state index is -0.463. The molecule has 1 saturated heterocycles. The second-order valence-electron chi connectivity index (χ2n) is 8.47. The normalized spacial score (nSPS) is 18.7. The first-order valence-electron chi connectivity index (χ1n) is 11.9. The van der Waals surface area contributed by atoms with E-state index in [0.29, 0.717) is 24.7 Å². The molecule has 1 aliphatic heterocycles. The van der Waals surface area contributed by atoms with E-state index < -0.39 is 6.67 Å². The van der Waals surface area contributed by atoms with E-state index in [0.717, 1.165) is 54.1 Å². The van der Waals surface area contributed by atoms with Gasteiger partial charge in [0.15, 0.2) is 0 Å². The highest BCUT2D eigenvalue weighted by molar-refractivity contribution is 5.78. The number of hydrogen-bond acceptors (Lipinski definition) is 3. The number of benzene rings is 2. The van der Waals surface area contributed by atoms with E-state index in [1.807, 2.05) is 24.3 Å². The standard InChI is InChI=1S/C27H37FO3/c1-4-7-21-10-13-24(31-19-21)23-16-25(29-14-5-2)27(26(17-23)30-15-6-3)22-11-8-20(18-28)9-12-22/h8-9,11-12,16-17,21,24H,4-7,10,13-15,18-19H2,1-3H3/t21-,24?/m1/s1. The lowest BCUT2D eigenvalue weighted by molar-refractivity contribution is -0.0196. The molecule has 1 aliphatic rings. The van der Waals surface area contributed by atoms with Gasteiger partial charge in [-0.3, -0.25) is 0 Å². The fourth-order valence-electron chi connectivity index (χ4n) is 4.20. The highest BCUT2D eigenvalue weighted by Crippen LogP contribution is 2.43. The zero-order valence-electron chi connectivity index (χ0n) is 19.3. The summed E-state index contributed by atoms with van der Waals surface area (Å²) in [5.41, 5.74) is 3.71. The zero-order valence-corrected chi connectivity index (χ0v) is 19.3. The molecule has 1 unspecified atom stereocenters. The molecule has 2 aromatic rings. The van der Waals surface area contributed by atoms with Crippen LogP contribution in [0, 0.1) is 5.92 Å². The predicted octanol–water partition coefficient (Wildman–Crippen LogP) is 7.67. The molecule has 0 bridgehead atoms. The first-order chi connectivity index (χ1) is 15.2. The Morgan fingerprint density at radius 3 is 2.03 bits per heavy atom. The van der Waals surface area contributed by atoms with Gasteiger partial charge >= 0.3 is 0 Å². The van der Waals surface area contributed by atoms with E-state index >= 15 is 0 Å². The summed E-state index contributed by atoms with van der Waals surface area (Å²) in [5, 5.41) is 0. The van der Waals surface area contributed by atoms with E-state index in [-0.39, 0.29) is 6.10 Å². The summed E-state index contributed by atoms with van der Waals surface area (Å²) in [6.07, 6.45) is 6.58. The van der Waals surface area contributed by atoms with Gasteiger partial charge in [-0.25, -0.2) is 4.39 Å². The third-order valence-electron chi connectivity index (χ3n) is 5.85. The molecular weight excluding hydrogens is 391 g/mol. The minimum absolute atomic E-state index is 0.0732. The summed E-state index contributed by atoms with van der Waals surface area (Å²) in [6, 6.07) is 11.8. The van der Waals surface area contributed by atoms with E-state index in [2.05, 4.69) is 32.9 Å². The average Bonchev–Trinajstić information content (AvgIpc) is 2.82. The smallest absolute Gasteiger partial charge is 0.131 e. The Bertz CT molecular complexity index is 766. The molecule has 0 saturated carbocycles. The van der Waals surface area contributed by atoms with Crippen molar-refractivity contribution < 1.29 is 18.6 Å². The Morgan fingerprint density at radius 1 is 0.903 bits per heavy atom. The van der Waals surface area contributed by atoms with E-state index in [1.54, 1.807) is 0 Å². The van der Waals surface area contributed by atoms with Gasteiger partial charge < -0.3 is 14.2 Å². The Balaban J connectivity index is 1.97. The van der Waals surface area contributed by atoms with Crippen LogP contribution in [0.4, 0.5) is 4.39 Å². The number of alkyl halides is 1. The Morgan fingerprint density at radius 2 is 1.55 bits per heavy atom. The van der Waals surface area contributed by atoms with Crippen molar-refractivity contribution in [2.75, 3.05) is 19.8 Å². The van der Waals surface area contributed by atoms with Crippen molar-refractivity contribution in [1.29, 1.82) is 0 Å². The minimum Gasteiger partial charge on any atom is -0.493 e. The molecule has 4 heteroatoms. The highest BCUT2D eigenvalue weighted by atomic mass is 19.1. The number of hydrogen-bond donors (Lipinski definition) is 0. The predicted molar refractivity (Wildman–Crippen MR) is 125 cm³/mol. The summed E-state index contributed by atoms with van der Waals surface area (Å²) in [7, 11) is 0. The summed E-state index contributed by atoms with van der Waals surface area (Å²) in [4.78, 5) is 0. The van der Waals surface area contributed by atoms with Crippen molar-refractivity contribution >= 4 is 0 Å². The van der Waals surface area contributed by atoms with Gasteiger partial charge in [0, 0.05) is 0 Å². The molecule has 1 fully saturated rings. The van der Waals surface area contributed by atoms with E-state index in [9.17, 15) is 4.39 Å². The van der Waals surface area contributed by atoms with Gasteiger partial charge in [0.25, 0.3) is 0 Å². The third-order valence-corrected chi connectivity index (χ3v) is 5.85. The third kappa shape index (κ3) is 6.22. The summed E-state index contributed by atoms with van der Waals surface area (Å²) < 4.78 is 31.7. The van der Waals surface area contributed by atoms with Crippen LogP contribution >= 0.6 is 0 Å². The van der Waals surface area contributed by atoms with E-state index in [1.165, 1.54) is 19.3 Å². The van der Waals surface area contributed by atoms with Crippen LogP contribution in [0.5, 0.6) is 11.5 Å². The molecule has 0 spiro atoms. The second-order valence-corrected chi connectivity index (χ2v) is 8.47. The van der Waals surface area contributed by atoms with Crippen LogP contribution in [-0.2, 0) is 11.4 Å². The molecule has 3 nitrogen and oxygen atoms in total. The van der Waals surface area contributed by atoms with Crippen LogP contribution in [0.3, 0.4) is 0 Å². The van der Waals surface area contributed by atoms with Crippen LogP contribution in [0.2, 0.25) is 0 Å². The summed E-state index contributed by atoms with van der Waals surface area (Å²) in [5.74, 6) is 2.30. The van der Waals surface area contributed by atoms with Crippen LogP contribution < -0.4 is 9.47 Å². The number of halogens is 1. The molecule has 0 aliphatic carbocycles. The maximum atomic E-state index is 13.0. The maximum Gasteiger partial charge on any atom is 0.131 e. The summed E-state index contributed by atoms with van der Waals surface area (Å²) >= 11 is 0. The van der Waals surface area contributed by atoms with Crippen LogP contribution in [0.15, 0.2) is 36.4 Å². The molecule has 1 heterocycles. The topological polar surface area (TPSA) is 27.7 Å². The van der Waals surface area contributed by atoms with Gasteiger partial charge in [-0.05, 0) is 66.8 Å². The molecule has 170 valence electrons. The van der Waals surface area contributed by atoms with Gasteiger partial charge in [0.1, 0.15) is 18.2 Å². The lowest BCUT2D eigenvalue weighted by atomic mass is 9.90. The molecule has 31 heavy (non-hydrogen) atoms. The van der Waals surface area contributed by atoms with Gasteiger partial charge in [-0.1, -0.05) is 51.5 Å². The van der Waals surface area contributed by atoms with Gasteiger partial charge in [0.05, 0.1) is 31.5 Å². The Kier molecular flexibility index (Phi) is 9.20. The molecule has 2 atom stereocenters. The monoisotopic (exact) mass is 428 g/mol. The molecule has 3 rings (SSSR count). The first-order valence-corrected chi connectivity index (χ1v) is 11.9. The Hall–Kier alpha value is -2.07. The van der Waals surface area contributed by atoms with Crippen molar-refractivity contribution in [1.82, 2.24) is 0 Å². The molecule has 0 aromatic heterocycles. The Labute approximate surface area is 186 Å². The van der Waals surface area contributed by atoms with Crippen molar-refractivity contribution in [3.8, 4) is 22.6 Å². The number of rotatable bonds is 11. The average molecular weight is 429 g/mol. The zero-order chi connectivity index (χ0) is 22.1. The van der Waals surface area contributed by atoms with Gasteiger partial charge in [-0.15, -0.1) is 0 Å².